The predicted molar refractivity (Wildman–Crippen MR) is 51.1 cm³/mol. The van der Waals surface area contributed by atoms with Crippen molar-refractivity contribution in [2.45, 2.75) is 51.7 Å². The molecule has 1 heterocycles. The van der Waals surface area contributed by atoms with E-state index in [1.807, 2.05) is 6.92 Å². The summed E-state index contributed by atoms with van der Waals surface area (Å²) < 4.78 is 0. The number of hydrogen-bond acceptors (Lipinski definition) is 2. The molecule has 1 fully saturated rings. The Morgan fingerprint density at radius 1 is 1.50 bits per heavy atom. The summed E-state index contributed by atoms with van der Waals surface area (Å²) in [7, 11) is 0. The molecule has 72 valence electrons. The molecular weight excluding hydrogens is 150 g/mol. The standard InChI is InChI=1S/C10H21NO/c1-3-8-5-6-11-9(7-8)10(12)4-2/h8-12H,3-7H2,1-2H3. The van der Waals surface area contributed by atoms with E-state index in [1.54, 1.807) is 0 Å². The number of nitrogens with one attached hydrogen (secondary N) is 1. The van der Waals surface area contributed by atoms with Crippen LogP contribution in [-0.2, 0) is 0 Å². The van der Waals surface area contributed by atoms with Crippen LogP contribution in [0.25, 0.3) is 0 Å². The predicted octanol–water partition coefficient (Wildman–Crippen LogP) is 1.54. The maximum absolute atomic E-state index is 9.63. The lowest BCUT2D eigenvalue weighted by Gasteiger charge is -2.32. The van der Waals surface area contributed by atoms with Gasteiger partial charge in [0.05, 0.1) is 6.10 Å². The first kappa shape index (κ1) is 10.0. The molecule has 0 saturated carbocycles. The van der Waals surface area contributed by atoms with E-state index in [2.05, 4.69) is 12.2 Å². The van der Waals surface area contributed by atoms with E-state index >= 15 is 0 Å². The molecule has 1 saturated heterocycles. The van der Waals surface area contributed by atoms with Crippen LogP contribution in [0, 0.1) is 5.92 Å². The normalized spacial score (nSPS) is 33.2. The summed E-state index contributed by atoms with van der Waals surface area (Å²) in [6, 6.07) is 0.355. The summed E-state index contributed by atoms with van der Waals surface area (Å²) in [6.45, 7) is 5.37. The van der Waals surface area contributed by atoms with Crippen LogP contribution in [0.4, 0.5) is 0 Å². The van der Waals surface area contributed by atoms with E-state index in [1.165, 1.54) is 12.8 Å². The molecule has 3 atom stereocenters. The fourth-order valence-electron chi connectivity index (χ4n) is 1.98. The molecule has 0 radical (unpaired) electrons. The van der Waals surface area contributed by atoms with Crippen molar-refractivity contribution in [1.82, 2.24) is 5.32 Å². The Morgan fingerprint density at radius 2 is 2.25 bits per heavy atom. The van der Waals surface area contributed by atoms with Gasteiger partial charge in [-0.2, -0.15) is 0 Å². The highest BCUT2D eigenvalue weighted by Gasteiger charge is 2.24. The number of aliphatic hydroxyl groups is 1. The molecule has 3 unspecified atom stereocenters. The van der Waals surface area contributed by atoms with Gasteiger partial charge in [0, 0.05) is 6.04 Å². The Morgan fingerprint density at radius 3 is 2.83 bits per heavy atom. The molecule has 12 heavy (non-hydrogen) atoms. The van der Waals surface area contributed by atoms with Gasteiger partial charge in [0.25, 0.3) is 0 Å². The van der Waals surface area contributed by atoms with Gasteiger partial charge in [-0.05, 0) is 31.7 Å². The minimum atomic E-state index is -0.139. The zero-order valence-corrected chi connectivity index (χ0v) is 8.21. The third kappa shape index (κ3) is 2.46. The summed E-state index contributed by atoms with van der Waals surface area (Å²) in [6.07, 6.45) is 4.43. The second-order valence-corrected chi connectivity index (χ2v) is 3.83. The van der Waals surface area contributed by atoms with Crippen LogP contribution in [0.5, 0.6) is 0 Å². The zero-order chi connectivity index (χ0) is 8.97. The molecule has 0 spiro atoms. The van der Waals surface area contributed by atoms with Gasteiger partial charge in [-0.25, -0.2) is 0 Å². The molecule has 0 aliphatic carbocycles. The molecule has 2 nitrogen and oxygen atoms in total. The van der Waals surface area contributed by atoms with Gasteiger partial charge >= 0.3 is 0 Å². The van der Waals surface area contributed by atoms with Crippen LogP contribution >= 0.6 is 0 Å². The molecule has 0 aromatic rings. The lowest BCUT2D eigenvalue weighted by atomic mass is 9.87. The summed E-state index contributed by atoms with van der Waals surface area (Å²) in [5, 5.41) is 13.0. The van der Waals surface area contributed by atoms with Crippen LogP contribution < -0.4 is 5.32 Å². The van der Waals surface area contributed by atoms with Crippen LogP contribution in [-0.4, -0.2) is 23.8 Å². The van der Waals surface area contributed by atoms with Gasteiger partial charge in [-0.3, -0.25) is 0 Å². The van der Waals surface area contributed by atoms with Crippen molar-refractivity contribution in [2.75, 3.05) is 6.54 Å². The largest absolute Gasteiger partial charge is 0.392 e. The third-order valence-corrected chi connectivity index (χ3v) is 3.01. The van der Waals surface area contributed by atoms with Gasteiger partial charge in [0.2, 0.25) is 0 Å². The Balaban J connectivity index is 2.34. The summed E-state index contributed by atoms with van der Waals surface area (Å²) in [5.74, 6) is 0.831. The molecule has 1 rings (SSSR count). The van der Waals surface area contributed by atoms with Crippen molar-refractivity contribution >= 4 is 0 Å². The minimum absolute atomic E-state index is 0.139. The van der Waals surface area contributed by atoms with Gasteiger partial charge in [-0.15, -0.1) is 0 Å². The first-order chi connectivity index (χ1) is 5.77. The van der Waals surface area contributed by atoms with Crippen molar-refractivity contribution in [3.63, 3.8) is 0 Å². The van der Waals surface area contributed by atoms with Gasteiger partial charge in [0.15, 0.2) is 0 Å². The molecule has 2 heteroatoms. The third-order valence-electron chi connectivity index (χ3n) is 3.01. The topological polar surface area (TPSA) is 32.3 Å². The number of rotatable bonds is 3. The first-order valence-corrected chi connectivity index (χ1v) is 5.19. The van der Waals surface area contributed by atoms with E-state index in [4.69, 9.17) is 0 Å². The van der Waals surface area contributed by atoms with Crippen molar-refractivity contribution in [2.24, 2.45) is 5.92 Å². The monoisotopic (exact) mass is 171 g/mol. The van der Waals surface area contributed by atoms with Crippen LogP contribution in [0.3, 0.4) is 0 Å². The molecule has 0 bridgehead atoms. The van der Waals surface area contributed by atoms with E-state index in [0.29, 0.717) is 6.04 Å². The highest BCUT2D eigenvalue weighted by atomic mass is 16.3. The molecule has 0 amide bonds. The molecular formula is C10H21NO. The van der Waals surface area contributed by atoms with Crippen molar-refractivity contribution in [3.05, 3.63) is 0 Å². The molecule has 1 aliphatic heterocycles. The quantitative estimate of drug-likeness (QED) is 0.675. The van der Waals surface area contributed by atoms with Crippen LogP contribution in [0.1, 0.15) is 39.5 Å². The Hall–Kier alpha value is -0.0800. The first-order valence-electron chi connectivity index (χ1n) is 5.19. The zero-order valence-electron chi connectivity index (χ0n) is 8.21. The molecule has 1 aliphatic rings. The maximum Gasteiger partial charge on any atom is 0.0690 e. The Labute approximate surface area is 75.4 Å². The lowest BCUT2D eigenvalue weighted by molar-refractivity contribution is 0.0944. The van der Waals surface area contributed by atoms with Crippen molar-refractivity contribution in [3.8, 4) is 0 Å². The van der Waals surface area contributed by atoms with Crippen molar-refractivity contribution < 1.29 is 5.11 Å². The SMILES string of the molecule is CCC1CCNC(C(O)CC)C1. The van der Waals surface area contributed by atoms with E-state index < -0.39 is 0 Å². The number of piperidine rings is 1. The summed E-state index contributed by atoms with van der Waals surface area (Å²) in [4.78, 5) is 0. The number of hydrogen-bond donors (Lipinski definition) is 2. The summed E-state index contributed by atoms with van der Waals surface area (Å²) in [5.41, 5.74) is 0. The maximum atomic E-state index is 9.63. The Kier molecular flexibility index (Phi) is 4.02. The van der Waals surface area contributed by atoms with Crippen LogP contribution in [0.2, 0.25) is 0 Å². The second-order valence-electron chi connectivity index (χ2n) is 3.83. The van der Waals surface area contributed by atoms with Crippen molar-refractivity contribution in [1.29, 1.82) is 0 Å². The van der Waals surface area contributed by atoms with Gasteiger partial charge < -0.3 is 10.4 Å². The fourth-order valence-corrected chi connectivity index (χ4v) is 1.98. The lowest BCUT2D eigenvalue weighted by Crippen LogP contribution is -2.45. The molecule has 0 aromatic carbocycles. The molecule has 2 N–H and O–H groups in total. The van der Waals surface area contributed by atoms with Crippen LogP contribution in [0.15, 0.2) is 0 Å². The second kappa shape index (κ2) is 4.83. The highest BCUT2D eigenvalue weighted by Crippen LogP contribution is 2.21. The van der Waals surface area contributed by atoms with E-state index in [-0.39, 0.29) is 6.10 Å². The Bertz CT molecular complexity index is 125. The average Bonchev–Trinajstić information content (AvgIpc) is 2.17. The van der Waals surface area contributed by atoms with Gasteiger partial charge in [0.1, 0.15) is 0 Å². The number of aliphatic hydroxyl groups excluding tert-OH is 1. The van der Waals surface area contributed by atoms with E-state index in [0.717, 1.165) is 25.3 Å². The smallest absolute Gasteiger partial charge is 0.0690 e. The van der Waals surface area contributed by atoms with Gasteiger partial charge in [-0.1, -0.05) is 20.3 Å². The highest BCUT2D eigenvalue weighted by molar-refractivity contribution is 4.82. The fraction of sp³-hybridized carbons (Fsp3) is 1.00. The van der Waals surface area contributed by atoms with E-state index in [9.17, 15) is 5.11 Å². The molecule has 0 aromatic heterocycles. The minimum Gasteiger partial charge on any atom is -0.392 e. The average molecular weight is 171 g/mol. The summed E-state index contributed by atoms with van der Waals surface area (Å²) >= 11 is 0.